The zero-order chi connectivity index (χ0) is 13.0. The van der Waals surface area contributed by atoms with Crippen molar-refractivity contribution in [2.45, 2.75) is 18.9 Å². The average molecular weight is 258 g/mol. The van der Waals surface area contributed by atoms with Crippen molar-refractivity contribution in [1.82, 2.24) is 0 Å². The Morgan fingerprint density at radius 2 is 1.72 bits per heavy atom. The normalized spacial score (nSPS) is 17.7. The monoisotopic (exact) mass is 258 g/mol. The maximum Gasteiger partial charge on any atom is 0.416 e. The highest BCUT2D eigenvalue weighted by atomic mass is 19.4. The molecule has 2 rings (SSSR count). The maximum absolute atomic E-state index is 12.3. The first kappa shape index (κ1) is 13.1. The summed E-state index contributed by atoms with van der Waals surface area (Å²) in [5.41, 5.74) is 0.0862. The molecular weight excluding hydrogens is 245 g/mol. The van der Waals surface area contributed by atoms with E-state index in [0.717, 1.165) is 17.7 Å². The van der Waals surface area contributed by atoms with Crippen LogP contribution in [0, 0.1) is 0 Å². The van der Waals surface area contributed by atoms with Gasteiger partial charge in [-0.3, -0.25) is 0 Å². The average Bonchev–Trinajstić information content (AvgIpc) is 2.82. The summed E-state index contributed by atoms with van der Waals surface area (Å²) < 4.78 is 47.4. The van der Waals surface area contributed by atoms with Crippen LogP contribution in [0.4, 0.5) is 13.2 Å². The van der Waals surface area contributed by atoms with E-state index in [0.29, 0.717) is 19.6 Å². The van der Waals surface area contributed by atoms with Gasteiger partial charge in [0.1, 0.15) is 0 Å². The lowest BCUT2D eigenvalue weighted by molar-refractivity contribution is -0.137. The molecule has 1 heterocycles. The van der Waals surface area contributed by atoms with Crippen LogP contribution >= 0.6 is 0 Å². The van der Waals surface area contributed by atoms with Crippen LogP contribution in [0.25, 0.3) is 6.08 Å². The molecule has 1 aliphatic heterocycles. The Balaban J connectivity index is 1.91. The van der Waals surface area contributed by atoms with Crippen molar-refractivity contribution in [3.63, 3.8) is 0 Å². The third-order valence-electron chi connectivity index (χ3n) is 2.57. The first-order valence-corrected chi connectivity index (χ1v) is 5.63. The summed E-state index contributed by atoms with van der Waals surface area (Å²) in [6, 6.07) is 5.02. The van der Waals surface area contributed by atoms with E-state index in [2.05, 4.69) is 0 Å². The van der Waals surface area contributed by atoms with Crippen molar-refractivity contribution >= 4 is 6.08 Å². The number of halogens is 3. The van der Waals surface area contributed by atoms with Crippen LogP contribution in [-0.4, -0.2) is 19.5 Å². The van der Waals surface area contributed by atoms with E-state index in [1.807, 2.05) is 6.08 Å². The highest BCUT2D eigenvalue weighted by molar-refractivity contribution is 5.49. The molecule has 0 bridgehead atoms. The fourth-order valence-corrected chi connectivity index (χ4v) is 1.64. The molecule has 0 atom stereocenters. The molecule has 0 aliphatic carbocycles. The predicted octanol–water partition coefficient (Wildman–Crippen LogP) is 3.48. The Bertz CT molecular complexity index is 403. The van der Waals surface area contributed by atoms with Crippen LogP contribution in [0.5, 0.6) is 0 Å². The summed E-state index contributed by atoms with van der Waals surface area (Å²) in [5.74, 6) is 0. The summed E-state index contributed by atoms with van der Waals surface area (Å²) in [7, 11) is 0. The molecule has 2 nitrogen and oxygen atoms in total. The first-order valence-electron chi connectivity index (χ1n) is 5.63. The van der Waals surface area contributed by atoms with E-state index in [9.17, 15) is 13.2 Å². The van der Waals surface area contributed by atoms with E-state index in [1.54, 1.807) is 6.08 Å². The molecule has 5 heteroatoms. The van der Waals surface area contributed by atoms with Gasteiger partial charge in [0.2, 0.25) is 0 Å². The van der Waals surface area contributed by atoms with Gasteiger partial charge >= 0.3 is 6.18 Å². The van der Waals surface area contributed by atoms with Crippen LogP contribution in [0.15, 0.2) is 30.3 Å². The minimum absolute atomic E-state index is 0.226. The van der Waals surface area contributed by atoms with Gasteiger partial charge in [-0.05, 0) is 17.7 Å². The van der Waals surface area contributed by atoms with Gasteiger partial charge in [0.25, 0.3) is 0 Å². The third kappa shape index (κ3) is 3.58. The first-order chi connectivity index (χ1) is 8.55. The molecular formula is C13H13F3O2. The smallest absolute Gasteiger partial charge is 0.350 e. The Hall–Kier alpha value is -1.33. The molecule has 1 aromatic rings. The van der Waals surface area contributed by atoms with E-state index < -0.39 is 11.7 Å². The minimum Gasteiger partial charge on any atom is -0.350 e. The number of hydrogen-bond acceptors (Lipinski definition) is 2. The van der Waals surface area contributed by atoms with Gasteiger partial charge in [0, 0.05) is 6.42 Å². The van der Waals surface area contributed by atoms with E-state index in [4.69, 9.17) is 9.47 Å². The maximum atomic E-state index is 12.3. The van der Waals surface area contributed by atoms with Crippen LogP contribution in [0.2, 0.25) is 0 Å². The molecule has 0 unspecified atom stereocenters. The molecule has 0 radical (unpaired) electrons. The highest BCUT2D eigenvalue weighted by Crippen LogP contribution is 2.29. The second kappa shape index (κ2) is 5.54. The fraction of sp³-hybridized carbons (Fsp3) is 0.385. The highest BCUT2D eigenvalue weighted by Gasteiger charge is 2.29. The van der Waals surface area contributed by atoms with Gasteiger partial charge in [-0.2, -0.15) is 13.2 Å². The van der Waals surface area contributed by atoms with Gasteiger partial charge in [-0.1, -0.05) is 24.3 Å². The third-order valence-corrected chi connectivity index (χ3v) is 2.57. The van der Waals surface area contributed by atoms with Gasteiger partial charge in [0.15, 0.2) is 6.29 Å². The Labute approximate surface area is 103 Å². The quantitative estimate of drug-likeness (QED) is 0.826. The molecule has 1 fully saturated rings. The van der Waals surface area contributed by atoms with Crippen molar-refractivity contribution in [2.24, 2.45) is 0 Å². The zero-order valence-electron chi connectivity index (χ0n) is 9.61. The van der Waals surface area contributed by atoms with Crippen molar-refractivity contribution < 1.29 is 22.6 Å². The van der Waals surface area contributed by atoms with Gasteiger partial charge < -0.3 is 9.47 Å². The zero-order valence-corrected chi connectivity index (χ0v) is 9.61. The van der Waals surface area contributed by atoms with Crippen molar-refractivity contribution in [3.8, 4) is 0 Å². The standard InChI is InChI=1S/C13H13F3O2/c14-13(15,16)11-6-4-10(5-7-11)2-1-3-12-17-8-9-18-12/h1-2,4-7,12H,3,8-9H2. The number of hydrogen-bond donors (Lipinski definition) is 0. The van der Waals surface area contributed by atoms with Gasteiger partial charge in [0.05, 0.1) is 18.8 Å². The van der Waals surface area contributed by atoms with Crippen LogP contribution in [0.3, 0.4) is 0 Å². The lowest BCUT2D eigenvalue weighted by Gasteiger charge is -2.06. The second-order valence-electron chi connectivity index (χ2n) is 3.93. The molecule has 0 amide bonds. The van der Waals surface area contributed by atoms with E-state index in [1.165, 1.54) is 12.1 Å². The van der Waals surface area contributed by atoms with Gasteiger partial charge in [-0.15, -0.1) is 0 Å². The summed E-state index contributed by atoms with van der Waals surface area (Å²) in [5, 5.41) is 0. The van der Waals surface area contributed by atoms with Crippen LogP contribution in [0.1, 0.15) is 17.5 Å². The van der Waals surface area contributed by atoms with Gasteiger partial charge in [-0.25, -0.2) is 0 Å². The number of rotatable bonds is 3. The Kier molecular flexibility index (Phi) is 4.04. The summed E-state index contributed by atoms with van der Waals surface area (Å²) >= 11 is 0. The predicted molar refractivity (Wildman–Crippen MR) is 60.8 cm³/mol. The molecule has 1 saturated heterocycles. The molecule has 0 spiro atoms. The fourth-order valence-electron chi connectivity index (χ4n) is 1.64. The SMILES string of the molecule is FC(F)(F)c1ccc(C=CCC2OCCO2)cc1. The number of benzene rings is 1. The Morgan fingerprint density at radius 3 is 2.28 bits per heavy atom. The number of ether oxygens (including phenoxy) is 2. The number of alkyl halides is 3. The Morgan fingerprint density at radius 1 is 1.11 bits per heavy atom. The molecule has 0 aromatic heterocycles. The summed E-state index contributed by atoms with van der Waals surface area (Å²) in [6.07, 6.45) is -0.325. The summed E-state index contributed by atoms with van der Waals surface area (Å²) in [4.78, 5) is 0. The van der Waals surface area contributed by atoms with Crippen LogP contribution in [-0.2, 0) is 15.7 Å². The molecule has 0 N–H and O–H groups in total. The van der Waals surface area contributed by atoms with Crippen molar-refractivity contribution in [3.05, 3.63) is 41.5 Å². The molecule has 1 aromatic carbocycles. The molecule has 1 aliphatic rings. The molecule has 98 valence electrons. The van der Waals surface area contributed by atoms with Crippen molar-refractivity contribution in [1.29, 1.82) is 0 Å². The van der Waals surface area contributed by atoms with Crippen molar-refractivity contribution in [2.75, 3.05) is 13.2 Å². The lowest BCUT2D eigenvalue weighted by atomic mass is 10.1. The van der Waals surface area contributed by atoms with E-state index in [-0.39, 0.29) is 6.29 Å². The topological polar surface area (TPSA) is 18.5 Å². The summed E-state index contributed by atoms with van der Waals surface area (Å²) in [6.45, 7) is 1.19. The molecule has 18 heavy (non-hydrogen) atoms. The second-order valence-corrected chi connectivity index (χ2v) is 3.93. The lowest BCUT2D eigenvalue weighted by Crippen LogP contribution is -2.05. The van der Waals surface area contributed by atoms with E-state index >= 15 is 0 Å². The largest absolute Gasteiger partial charge is 0.416 e. The molecule has 0 saturated carbocycles. The van der Waals surface area contributed by atoms with Crippen LogP contribution < -0.4 is 0 Å². The minimum atomic E-state index is -4.28.